The normalized spacial score (nSPS) is 15.2. The SMILES string of the molecule is CC(=O)N1C=CN(C(C)=O)C=C1. The molecule has 0 unspecified atom stereocenters. The molecule has 0 N–H and O–H groups in total. The predicted octanol–water partition coefficient (Wildman–Crippen LogP) is 0.639. The van der Waals surface area contributed by atoms with Crippen LogP contribution in [0.25, 0.3) is 0 Å². The summed E-state index contributed by atoms with van der Waals surface area (Å²) in [4.78, 5) is 24.4. The van der Waals surface area contributed by atoms with Gasteiger partial charge in [-0.1, -0.05) is 0 Å². The van der Waals surface area contributed by atoms with Crippen LogP contribution in [0.1, 0.15) is 13.8 Å². The van der Waals surface area contributed by atoms with Crippen molar-refractivity contribution < 1.29 is 9.59 Å². The number of nitrogens with zero attached hydrogens (tertiary/aromatic N) is 2. The van der Waals surface area contributed by atoms with E-state index in [4.69, 9.17) is 0 Å². The fourth-order valence-corrected chi connectivity index (χ4v) is 0.807. The van der Waals surface area contributed by atoms with E-state index in [1.54, 1.807) is 24.8 Å². The average molecular weight is 166 g/mol. The number of hydrogen-bond acceptors (Lipinski definition) is 2. The highest BCUT2D eigenvalue weighted by Crippen LogP contribution is 2.04. The third-order valence-corrected chi connectivity index (χ3v) is 1.50. The molecule has 1 aliphatic heterocycles. The Kier molecular flexibility index (Phi) is 2.28. The lowest BCUT2D eigenvalue weighted by molar-refractivity contribution is -0.126. The maximum atomic E-state index is 10.8. The van der Waals surface area contributed by atoms with Crippen LogP contribution in [0.2, 0.25) is 0 Å². The van der Waals surface area contributed by atoms with Crippen LogP contribution >= 0.6 is 0 Å². The van der Waals surface area contributed by atoms with Crippen molar-refractivity contribution in [3.05, 3.63) is 24.8 Å². The van der Waals surface area contributed by atoms with Crippen molar-refractivity contribution in [3.8, 4) is 0 Å². The van der Waals surface area contributed by atoms with E-state index in [9.17, 15) is 9.59 Å². The van der Waals surface area contributed by atoms with Crippen LogP contribution in [0.5, 0.6) is 0 Å². The molecule has 1 heterocycles. The maximum Gasteiger partial charge on any atom is 0.227 e. The molecule has 2 amide bonds. The first-order valence-corrected chi connectivity index (χ1v) is 3.55. The highest BCUT2D eigenvalue weighted by Gasteiger charge is 2.08. The van der Waals surface area contributed by atoms with E-state index in [1.807, 2.05) is 0 Å². The Morgan fingerprint density at radius 1 is 0.833 bits per heavy atom. The van der Waals surface area contributed by atoms with Crippen LogP contribution < -0.4 is 0 Å². The Hall–Kier alpha value is -1.58. The molecule has 0 aromatic heterocycles. The van der Waals surface area contributed by atoms with Crippen molar-refractivity contribution in [2.75, 3.05) is 0 Å². The van der Waals surface area contributed by atoms with Gasteiger partial charge >= 0.3 is 0 Å². The summed E-state index contributed by atoms with van der Waals surface area (Å²) in [5, 5.41) is 0. The smallest absolute Gasteiger partial charge is 0.227 e. The van der Waals surface area contributed by atoms with Gasteiger partial charge in [-0.05, 0) is 0 Å². The van der Waals surface area contributed by atoms with Gasteiger partial charge in [-0.25, -0.2) is 0 Å². The molecule has 4 nitrogen and oxygen atoms in total. The Morgan fingerprint density at radius 2 is 1.08 bits per heavy atom. The molecule has 1 rings (SSSR count). The molecule has 4 heteroatoms. The van der Waals surface area contributed by atoms with Gasteiger partial charge in [-0.3, -0.25) is 19.4 Å². The van der Waals surface area contributed by atoms with E-state index < -0.39 is 0 Å². The average Bonchev–Trinajstić information content (AvgIpc) is 2.04. The molecule has 0 aliphatic carbocycles. The van der Waals surface area contributed by atoms with Gasteiger partial charge in [0.2, 0.25) is 11.8 Å². The van der Waals surface area contributed by atoms with E-state index in [0.717, 1.165) is 0 Å². The molecule has 0 saturated heterocycles. The molecule has 12 heavy (non-hydrogen) atoms. The monoisotopic (exact) mass is 166 g/mol. The molecule has 0 aromatic carbocycles. The summed E-state index contributed by atoms with van der Waals surface area (Å²) in [5.74, 6) is -0.156. The summed E-state index contributed by atoms with van der Waals surface area (Å²) in [7, 11) is 0. The van der Waals surface area contributed by atoms with Gasteiger partial charge in [0.05, 0.1) is 0 Å². The van der Waals surface area contributed by atoms with Crippen molar-refractivity contribution in [1.82, 2.24) is 9.80 Å². The summed E-state index contributed by atoms with van der Waals surface area (Å²) >= 11 is 0. The minimum atomic E-state index is -0.0781. The second-order valence-corrected chi connectivity index (χ2v) is 2.45. The summed E-state index contributed by atoms with van der Waals surface area (Å²) in [5.41, 5.74) is 0. The first kappa shape index (κ1) is 8.52. The molecule has 1 aliphatic rings. The zero-order chi connectivity index (χ0) is 9.14. The Balaban J connectivity index is 2.66. The minimum Gasteiger partial charge on any atom is -0.292 e. The van der Waals surface area contributed by atoms with Gasteiger partial charge in [0.25, 0.3) is 0 Å². The number of amides is 2. The lowest BCUT2D eigenvalue weighted by atomic mass is 10.5. The fourth-order valence-electron chi connectivity index (χ4n) is 0.807. The van der Waals surface area contributed by atoms with E-state index >= 15 is 0 Å². The molecule has 64 valence electrons. The molecule has 0 bridgehead atoms. The molecular weight excluding hydrogens is 156 g/mol. The second-order valence-electron chi connectivity index (χ2n) is 2.45. The van der Waals surface area contributed by atoms with Crippen LogP contribution in [-0.2, 0) is 9.59 Å². The lowest BCUT2D eigenvalue weighted by Gasteiger charge is -2.19. The molecule has 0 aromatic rings. The Morgan fingerprint density at radius 3 is 1.25 bits per heavy atom. The number of rotatable bonds is 0. The van der Waals surface area contributed by atoms with E-state index in [-0.39, 0.29) is 11.8 Å². The maximum absolute atomic E-state index is 10.8. The quantitative estimate of drug-likeness (QED) is 0.529. The molecule has 0 atom stereocenters. The van der Waals surface area contributed by atoms with Gasteiger partial charge in [-0.2, -0.15) is 0 Å². The first-order valence-electron chi connectivity index (χ1n) is 3.55. The Labute approximate surface area is 70.8 Å². The molecule has 0 radical (unpaired) electrons. The zero-order valence-corrected chi connectivity index (χ0v) is 7.02. The van der Waals surface area contributed by atoms with Crippen LogP contribution in [0, 0.1) is 0 Å². The standard InChI is InChI=1S/C8H10N2O2/c1-7(11)9-3-5-10(6-4-9)8(2)12/h3-6H,1-2H3. The van der Waals surface area contributed by atoms with E-state index in [0.29, 0.717) is 0 Å². The lowest BCUT2D eigenvalue weighted by Crippen LogP contribution is -2.25. The summed E-state index contributed by atoms with van der Waals surface area (Å²) in [6, 6.07) is 0. The molecule has 0 spiro atoms. The summed E-state index contributed by atoms with van der Waals surface area (Å²) < 4.78 is 0. The topological polar surface area (TPSA) is 40.6 Å². The number of carbonyl (C=O) groups excluding carboxylic acids is 2. The fraction of sp³-hybridized carbons (Fsp3) is 0.250. The highest BCUT2D eigenvalue weighted by molar-refractivity contribution is 5.78. The third kappa shape index (κ3) is 1.72. The first-order chi connectivity index (χ1) is 5.61. The number of carbonyl (C=O) groups is 2. The highest BCUT2D eigenvalue weighted by atomic mass is 16.2. The second kappa shape index (κ2) is 3.21. The van der Waals surface area contributed by atoms with Crippen molar-refractivity contribution in [1.29, 1.82) is 0 Å². The van der Waals surface area contributed by atoms with Crippen molar-refractivity contribution >= 4 is 11.8 Å². The van der Waals surface area contributed by atoms with Gasteiger partial charge in [0, 0.05) is 38.6 Å². The summed E-state index contributed by atoms with van der Waals surface area (Å²) in [6.07, 6.45) is 6.18. The van der Waals surface area contributed by atoms with E-state index in [2.05, 4.69) is 0 Å². The van der Waals surface area contributed by atoms with Crippen LogP contribution in [0.4, 0.5) is 0 Å². The summed E-state index contributed by atoms with van der Waals surface area (Å²) in [6.45, 7) is 2.91. The predicted molar refractivity (Wildman–Crippen MR) is 43.3 cm³/mol. The third-order valence-electron chi connectivity index (χ3n) is 1.50. The van der Waals surface area contributed by atoms with Gasteiger partial charge in [0.15, 0.2) is 0 Å². The van der Waals surface area contributed by atoms with E-state index in [1.165, 1.54) is 23.6 Å². The Bertz CT molecular complexity index is 228. The van der Waals surface area contributed by atoms with Crippen molar-refractivity contribution in [3.63, 3.8) is 0 Å². The van der Waals surface area contributed by atoms with Crippen molar-refractivity contribution in [2.45, 2.75) is 13.8 Å². The van der Waals surface area contributed by atoms with Gasteiger partial charge in [0.1, 0.15) is 0 Å². The van der Waals surface area contributed by atoms with Gasteiger partial charge in [-0.15, -0.1) is 0 Å². The largest absolute Gasteiger partial charge is 0.292 e. The van der Waals surface area contributed by atoms with Crippen LogP contribution in [0.15, 0.2) is 24.8 Å². The number of hydrogen-bond donors (Lipinski definition) is 0. The zero-order valence-electron chi connectivity index (χ0n) is 7.02. The van der Waals surface area contributed by atoms with Crippen molar-refractivity contribution in [2.24, 2.45) is 0 Å². The van der Waals surface area contributed by atoms with Gasteiger partial charge < -0.3 is 0 Å². The minimum absolute atomic E-state index is 0.0781. The van der Waals surface area contributed by atoms with Crippen LogP contribution in [-0.4, -0.2) is 21.6 Å². The van der Waals surface area contributed by atoms with Crippen LogP contribution in [0.3, 0.4) is 0 Å². The molecule has 0 fully saturated rings. The molecule has 0 saturated carbocycles. The molecular formula is C8H10N2O2.